The highest BCUT2D eigenvalue weighted by molar-refractivity contribution is 6.30. The van der Waals surface area contributed by atoms with Crippen LogP contribution >= 0.6 is 11.6 Å². The van der Waals surface area contributed by atoms with Crippen molar-refractivity contribution in [2.45, 2.75) is 13.0 Å². The highest BCUT2D eigenvalue weighted by Gasteiger charge is 2.14. The highest BCUT2D eigenvalue weighted by atomic mass is 35.5. The number of ether oxygens (including phenoxy) is 1. The van der Waals surface area contributed by atoms with Gasteiger partial charge in [0.05, 0.1) is 0 Å². The van der Waals surface area contributed by atoms with Crippen LogP contribution in [-0.4, -0.2) is 18.1 Å². The lowest BCUT2D eigenvalue weighted by atomic mass is 10.3. The minimum atomic E-state index is -0.973. The molecule has 1 aromatic rings. The number of carbonyl (C=O) groups is 2. The van der Waals surface area contributed by atoms with E-state index < -0.39 is 18.1 Å². The summed E-state index contributed by atoms with van der Waals surface area (Å²) in [6.45, 7) is 1.39. The Bertz CT molecular complexity index is 409. The van der Waals surface area contributed by atoms with Crippen LogP contribution in [0.1, 0.15) is 6.92 Å². The minimum absolute atomic E-state index is 0.481. The van der Waals surface area contributed by atoms with Crippen LogP contribution in [0.25, 0.3) is 0 Å². The van der Waals surface area contributed by atoms with E-state index in [1.807, 2.05) is 0 Å². The van der Waals surface area contributed by atoms with Crippen molar-refractivity contribution in [3.05, 3.63) is 29.3 Å². The Labute approximate surface area is 97.5 Å². The van der Waals surface area contributed by atoms with Gasteiger partial charge in [-0.15, -0.1) is 0 Å². The van der Waals surface area contributed by atoms with Crippen LogP contribution in [0.3, 0.4) is 0 Å². The zero-order chi connectivity index (χ0) is 12.1. The molecule has 0 heterocycles. The summed E-state index contributed by atoms with van der Waals surface area (Å²) in [6.07, 6.45) is -1.73. The standard InChI is InChI=1S/C10H11ClN2O3/c1-6(9(12)14)16-10(15)13-8-4-2-3-7(11)5-8/h2-6H,1H3,(H2,12,14)(H,13,15). The molecule has 1 aromatic carbocycles. The van der Waals surface area contributed by atoms with Crippen LogP contribution in [0, 0.1) is 0 Å². The fourth-order valence-electron chi connectivity index (χ4n) is 0.932. The van der Waals surface area contributed by atoms with Crippen molar-refractivity contribution in [3.63, 3.8) is 0 Å². The monoisotopic (exact) mass is 242 g/mol. The van der Waals surface area contributed by atoms with Gasteiger partial charge in [-0.2, -0.15) is 0 Å². The summed E-state index contributed by atoms with van der Waals surface area (Å²) in [5.41, 5.74) is 5.42. The molecule has 1 rings (SSSR count). The highest BCUT2D eigenvalue weighted by Crippen LogP contribution is 2.15. The Morgan fingerprint density at radius 2 is 2.19 bits per heavy atom. The van der Waals surface area contributed by atoms with E-state index in [4.69, 9.17) is 17.3 Å². The van der Waals surface area contributed by atoms with E-state index in [0.29, 0.717) is 10.7 Å². The molecule has 0 saturated heterocycles. The Balaban J connectivity index is 2.55. The molecule has 86 valence electrons. The molecular formula is C10H11ClN2O3. The molecule has 0 aromatic heterocycles. The first-order valence-corrected chi connectivity index (χ1v) is 4.89. The second-order valence-electron chi connectivity index (χ2n) is 3.09. The van der Waals surface area contributed by atoms with Crippen LogP contribution in [0.5, 0.6) is 0 Å². The number of nitrogens with two attached hydrogens (primary N) is 1. The average molecular weight is 243 g/mol. The van der Waals surface area contributed by atoms with Gasteiger partial charge in [0.15, 0.2) is 6.10 Å². The SMILES string of the molecule is CC(OC(=O)Nc1cccc(Cl)c1)C(N)=O. The lowest BCUT2D eigenvalue weighted by Crippen LogP contribution is -2.32. The molecule has 1 unspecified atom stereocenters. The molecule has 6 heteroatoms. The van der Waals surface area contributed by atoms with Gasteiger partial charge in [0, 0.05) is 10.7 Å². The Morgan fingerprint density at radius 3 is 2.75 bits per heavy atom. The van der Waals surface area contributed by atoms with Crippen molar-refractivity contribution in [2.75, 3.05) is 5.32 Å². The third-order valence-electron chi connectivity index (χ3n) is 1.76. The number of nitrogens with one attached hydrogen (secondary N) is 1. The molecule has 0 radical (unpaired) electrons. The molecule has 0 aliphatic rings. The smallest absolute Gasteiger partial charge is 0.412 e. The largest absolute Gasteiger partial charge is 0.436 e. The first-order valence-electron chi connectivity index (χ1n) is 4.51. The van der Waals surface area contributed by atoms with Crippen LogP contribution in [0.15, 0.2) is 24.3 Å². The summed E-state index contributed by atoms with van der Waals surface area (Å²) in [7, 11) is 0. The minimum Gasteiger partial charge on any atom is -0.436 e. The maximum absolute atomic E-state index is 11.3. The van der Waals surface area contributed by atoms with Gasteiger partial charge in [0.2, 0.25) is 0 Å². The number of primary amides is 1. The van der Waals surface area contributed by atoms with E-state index in [0.717, 1.165) is 0 Å². The van der Waals surface area contributed by atoms with Crippen molar-refractivity contribution < 1.29 is 14.3 Å². The molecule has 0 bridgehead atoms. The zero-order valence-corrected chi connectivity index (χ0v) is 9.32. The summed E-state index contributed by atoms with van der Waals surface area (Å²) in [5.74, 6) is -0.707. The molecule has 0 spiro atoms. The van der Waals surface area contributed by atoms with Crippen LogP contribution in [-0.2, 0) is 9.53 Å². The Hall–Kier alpha value is -1.75. The van der Waals surface area contributed by atoms with E-state index >= 15 is 0 Å². The Morgan fingerprint density at radius 1 is 1.50 bits per heavy atom. The van der Waals surface area contributed by atoms with Crippen molar-refractivity contribution in [1.29, 1.82) is 0 Å². The number of anilines is 1. The summed E-state index contributed by atoms with van der Waals surface area (Å²) >= 11 is 5.72. The van der Waals surface area contributed by atoms with Gasteiger partial charge >= 0.3 is 6.09 Å². The fourth-order valence-corrected chi connectivity index (χ4v) is 1.12. The number of hydrogen-bond acceptors (Lipinski definition) is 3. The molecular weight excluding hydrogens is 232 g/mol. The molecule has 3 N–H and O–H groups in total. The topological polar surface area (TPSA) is 81.4 Å². The molecule has 2 amide bonds. The summed E-state index contributed by atoms with van der Waals surface area (Å²) in [6, 6.07) is 6.54. The number of benzene rings is 1. The van der Waals surface area contributed by atoms with Crippen LogP contribution in [0.2, 0.25) is 5.02 Å². The summed E-state index contributed by atoms with van der Waals surface area (Å²) < 4.78 is 4.69. The second kappa shape index (κ2) is 5.37. The summed E-state index contributed by atoms with van der Waals surface area (Å²) in [4.78, 5) is 21.9. The van der Waals surface area contributed by atoms with Gasteiger partial charge in [-0.1, -0.05) is 17.7 Å². The Kier molecular flexibility index (Phi) is 4.13. The number of amides is 2. The van der Waals surface area contributed by atoms with Gasteiger partial charge in [0.1, 0.15) is 0 Å². The summed E-state index contributed by atoms with van der Waals surface area (Å²) in [5, 5.41) is 2.90. The van der Waals surface area contributed by atoms with Gasteiger partial charge in [-0.05, 0) is 25.1 Å². The quantitative estimate of drug-likeness (QED) is 0.847. The normalized spacial score (nSPS) is 11.6. The predicted molar refractivity (Wildman–Crippen MR) is 60.2 cm³/mol. The van der Waals surface area contributed by atoms with E-state index in [2.05, 4.69) is 10.1 Å². The predicted octanol–water partition coefficient (Wildman–Crippen LogP) is 1.76. The maximum atomic E-state index is 11.3. The van der Waals surface area contributed by atoms with Crippen molar-refractivity contribution in [3.8, 4) is 0 Å². The molecule has 5 nitrogen and oxygen atoms in total. The third kappa shape index (κ3) is 3.78. The first-order chi connectivity index (χ1) is 7.49. The van der Waals surface area contributed by atoms with Crippen molar-refractivity contribution >= 4 is 29.3 Å². The fraction of sp³-hybridized carbons (Fsp3) is 0.200. The van der Waals surface area contributed by atoms with Crippen molar-refractivity contribution in [2.24, 2.45) is 5.73 Å². The lowest BCUT2D eigenvalue weighted by molar-refractivity contribution is -0.125. The number of hydrogen-bond donors (Lipinski definition) is 2. The molecule has 16 heavy (non-hydrogen) atoms. The number of carbonyl (C=O) groups excluding carboxylic acids is 2. The van der Waals surface area contributed by atoms with Crippen LogP contribution < -0.4 is 11.1 Å². The van der Waals surface area contributed by atoms with E-state index in [1.165, 1.54) is 6.92 Å². The first kappa shape index (κ1) is 12.3. The van der Waals surface area contributed by atoms with Gasteiger partial charge in [-0.25, -0.2) is 4.79 Å². The third-order valence-corrected chi connectivity index (χ3v) is 1.99. The molecule has 0 fully saturated rings. The average Bonchev–Trinajstić information content (AvgIpc) is 2.16. The molecule has 0 aliphatic carbocycles. The number of halogens is 1. The zero-order valence-electron chi connectivity index (χ0n) is 8.57. The van der Waals surface area contributed by atoms with E-state index in [-0.39, 0.29) is 0 Å². The van der Waals surface area contributed by atoms with E-state index in [1.54, 1.807) is 24.3 Å². The second-order valence-corrected chi connectivity index (χ2v) is 3.52. The number of rotatable bonds is 3. The maximum Gasteiger partial charge on any atom is 0.412 e. The van der Waals surface area contributed by atoms with Crippen LogP contribution in [0.4, 0.5) is 10.5 Å². The van der Waals surface area contributed by atoms with Crippen molar-refractivity contribution in [1.82, 2.24) is 0 Å². The molecule has 0 aliphatic heterocycles. The van der Waals surface area contributed by atoms with Gasteiger partial charge < -0.3 is 10.5 Å². The van der Waals surface area contributed by atoms with Gasteiger partial charge in [0.25, 0.3) is 5.91 Å². The lowest BCUT2D eigenvalue weighted by Gasteiger charge is -2.10. The van der Waals surface area contributed by atoms with Gasteiger partial charge in [-0.3, -0.25) is 10.1 Å². The van der Waals surface area contributed by atoms with E-state index in [9.17, 15) is 9.59 Å². The molecule has 0 saturated carbocycles. The molecule has 1 atom stereocenters.